The SMILES string of the molecule is Cc1occc1-c1nnc(SCC(=O)N2CCC(C)CC2)n1C. The standard InChI is InChI=1S/C16H22N4O2S/c1-11-4-7-20(8-5-11)14(21)10-23-16-18-17-15(19(16)3)13-6-9-22-12(13)2/h6,9,11H,4-5,7-8,10H2,1-3H3. The van der Waals surface area contributed by atoms with Crippen LogP contribution in [-0.2, 0) is 11.8 Å². The summed E-state index contributed by atoms with van der Waals surface area (Å²) in [6.07, 6.45) is 3.85. The Morgan fingerprint density at radius 3 is 2.78 bits per heavy atom. The van der Waals surface area contributed by atoms with Crippen molar-refractivity contribution in [3.8, 4) is 11.4 Å². The van der Waals surface area contributed by atoms with Crippen molar-refractivity contribution in [1.29, 1.82) is 0 Å². The quantitative estimate of drug-likeness (QED) is 0.805. The van der Waals surface area contributed by atoms with Gasteiger partial charge in [0.15, 0.2) is 11.0 Å². The van der Waals surface area contributed by atoms with Crippen molar-refractivity contribution in [3.05, 3.63) is 18.1 Å². The number of rotatable bonds is 4. The predicted molar refractivity (Wildman–Crippen MR) is 89.1 cm³/mol. The minimum atomic E-state index is 0.186. The third kappa shape index (κ3) is 3.44. The third-order valence-corrected chi connectivity index (χ3v) is 5.40. The van der Waals surface area contributed by atoms with Crippen LogP contribution in [0.25, 0.3) is 11.4 Å². The maximum absolute atomic E-state index is 12.3. The number of hydrogen-bond acceptors (Lipinski definition) is 5. The molecule has 1 aliphatic heterocycles. The Labute approximate surface area is 140 Å². The van der Waals surface area contributed by atoms with Crippen molar-refractivity contribution in [3.63, 3.8) is 0 Å². The molecule has 2 aromatic rings. The van der Waals surface area contributed by atoms with Gasteiger partial charge in [-0.1, -0.05) is 18.7 Å². The van der Waals surface area contributed by atoms with Crippen molar-refractivity contribution in [1.82, 2.24) is 19.7 Å². The van der Waals surface area contributed by atoms with Crippen molar-refractivity contribution in [2.24, 2.45) is 13.0 Å². The molecule has 0 aromatic carbocycles. The molecule has 1 amide bonds. The van der Waals surface area contributed by atoms with Crippen LogP contribution in [0.3, 0.4) is 0 Å². The average molecular weight is 334 g/mol. The molecule has 0 atom stereocenters. The lowest BCUT2D eigenvalue weighted by molar-refractivity contribution is -0.129. The minimum Gasteiger partial charge on any atom is -0.469 e. The van der Waals surface area contributed by atoms with Gasteiger partial charge in [-0.05, 0) is 31.7 Å². The molecule has 0 spiro atoms. The number of carbonyl (C=O) groups is 1. The van der Waals surface area contributed by atoms with Crippen molar-refractivity contribution in [2.45, 2.75) is 31.8 Å². The van der Waals surface area contributed by atoms with Crippen molar-refractivity contribution < 1.29 is 9.21 Å². The Kier molecular flexibility index (Phi) is 4.75. The molecule has 23 heavy (non-hydrogen) atoms. The highest BCUT2D eigenvalue weighted by Crippen LogP contribution is 2.26. The van der Waals surface area contributed by atoms with E-state index in [1.165, 1.54) is 11.8 Å². The highest BCUT2D eigenvalue weighted by Gasteiger charge is 2.21. The van der Waals surface area contributed by atoms with Crippen LogP contribution < -0.4 is 0 Å². The van der Waals surface area contributed by atoms with Gasteiger partial charge in [0.25, 0.3) is 0 Å². The maximum Gasteiger partial charge on any atom is 0.233 e. The predicted octanol–water partition coefficient (Wildman–Crippen LogP) is 2.73. The largest absolute Gasteiger partial charge is 0.469 e. The molecule has 0 bridgehead atoms. The van der Waals surface area contributed by atoms with Gasteiger partial charge in [-0.25, -0.2) is 0 Å². The second-order valence-electron chi connectivity index (χ2n) is 6.11. The molecular weight excluding hydrogens is 312 g/mol. The number of hydrogen-bond donors (Lipinski definition) is 0. The number of piperidine rings is 1. The number of likely N-dealkylation sites (tertiary alicyclic amines) is 1. The zero-order chi connectivity index (χ0) is 16.4. The van der Waals surface area contributed by atoms with Gasteiger partial charge in [0.1, 0.15) is 5.76 Å². The van der Waals surface area contributed by atoms with Gasteiger partial charge < -0.3 is 13.9 Å². The van der Waals surface area contributed by atoms with E-state index in [1.54, 1.807) is 6.26 Å². The van der Waals surface area contributed by atoms with Crippen LogP contribution in [0.2, 0.25) is 0 Å². The smallest absolute Gasteiger partial charge is 0.233 e. The summed E-state index contributed by atoms with van der Waals surface area (Å²) < 4.78 is 7.23. The molecule has 124 valence electrons. The number of amides is 1. The summed E-state index contributed by atoms with van der Waals surface area (Å²) in [5.41, 5.74) is 0.934. The van der Waals surface area contributed by atoms with E-state index in [4.69, 9.17) is 4.42 Å². The minimum absolute atomic E-state index is 0.186. The summed E-state index contributed by atoms with van der Waals surface area (Å²) in [7, 11) is 1.91. The first-order valence-corrected chi connectivity index (χ1v) is 8.89. The molecule has 1 saturated heterocycles. The normalized spacial score (nSPS) is 16.0. The summed E-state index contributed by atoms with van der Waals surface area (Å²) in [6.45, 7) is 5.89. The molecule has 0 saturated carbocycles. The molecule has 6 nitrogen and oxygen atoms in total. The van der Waals surface area contributed by atoms with Crippen LogP contribution in [0.15, 0.2) is 21.9 Å². The lowest BCUT2D eigenvalue weighted by atomic mass is 9.99. The van der Waals surface area contributed by atoms with E-state index in [0.717, 1.165) is 54.2 Å². The van der Waals surface area contributed by atoms with Gasteiger partial charge >= 0.3 is 0 Å². The lowest BCUT2D eigenvalue weighted by Gasteiger charge is -2.30. The third-order valence-electron chi connectivity index (χ3n) is 4.40. The van der Waals surface area contributed by atoms with Gasteiger partial charge in [0, 0.05) is 20.1 Å². The molecule has 1 aliphatic rings. The second-order valence-corrected chi connectivity index (χ2v) is 7.05. The van der Waals surface area contributed by atoms with Crippen LogP contribution in [0.1, 0.15) is 25.5 Å². The maximum atomic E-state index is 12.3. The first-order chi connectivity index (χ1) is 11.1. The summed E-state index contributed by atoms with van der Waals surface area (Å²) in [5, 5.41) is 9.18. The fraction of sp³-hybridized carbons (Fsp3) is 0.562. The Hall–Kier alpha value is -1.76. The number of aromatic nitrogens is 3. The zero-order valence-corrected chi connectivity index (χ0v) is 14.6. The van der Waals surface area contributed by atoms with Crippen molar-refractivity contribution in [2.75, 3.05) is 18.8 Å². The summed E-state index contributed by atoms with van der Waals surface area (Å²) >= 11 is 1.44. The van der Waals surface area contributed by atoms with E-state index >= 15 is 0 Å². The average Bonchev–Trinajstić information content (AvgIpc) is 3.11. The van der Waals surface area contributed by atoms with Crippen LogP contribution in [-0.4, -0.2) is 44.4 Å². The number of thioether (sulfide) groups is 1. The first kappa shape index (κ1) is 16.1. The highest BCUT2D eigenvalue weighted by molar-refractivity contribution is 7.99. The highest BCUT2D eigenvalue weighted by atomic mass is 32.2. The number of nitrogens with zero attached hydrogens (tertiary/aromatic N) is 4. The van der Waals surface area contributed by atoms with E-state index in [9.17, 15) is 4.79 Å². The molecule has 0 radical (unpaired) electrons. The van der Waals surface area contributed by atoms with Crippen LogP contribution in [0.5, 0.6) is 0 Å². The summed E-state index contributed by atoms with van der Waals surface area (Å²) in [5.74, 6) is 2.90. The monoisotopic (exact) mass is 334 g/mol. The fourth-order valence-corrected chi connectivity index (χ4v) is 3.58. The molecule has 3 heterocycles. The molecule has 0 unspecified atom stereocenters. The summed E-state index contributed by atoms with van der Waals surface area (Å²) in [4.78, 5) is 14.3. The molecule has 1 fully saturated rings. The molecular formula is C16H22N4O2S. The molecule has 3 rings (SSSR count). The van der Waals surface area contributed by atoms with E-state index in [-0.39, 0.29) is 5.91 Å². The fourth-order valence-electron chi connectivity index (χ4n) is 2.77. The number of carbonyl (C=O) groups excluding carboxylic acids is 1. The summed E-state index contributed by atoms with van der Waals surface area (Å²) in [6, 6.07) is 1.88. The van der Waals surface area contributed by atoms with Crippen LogP contribution in [0.4, 0.5) is 0 Å². The van der Waals surface area contributed by atoms with Gasteiger partial charge in [0.05, 0.1) is 17.6 Å². The van der Waals surface area contributed by atoms with Gasteiger partial charge in [-0.3, -0.25) is 4.79 Å². The Morgan fingerprint density at radius 2 is 2.13 bits per heavy atom. The Balaban J connectivity index is 1.62. The number of furan rings is 1. The van der Waals surface area contributed by atoms with Crippen LogP contribution in [0, 0.1) is 12.8 Å². The van der Waals surface area contributed by atoms with Gasteiger partial charge in [0.2, 0.25) is 5.91 Å². The van der Waals surface area contributed by atoms with Gasteiger partial charge in [-0.15, -0.1) is 10.2 Å². The molecule has 0 N–H and O–H groups in total. The number of aryl methyl sites for hydroxylation is 1. The van der Waals surface area contributed by atoms with E-state index in [1.807, 2.05) is 29.5 Å². The zero-order valence-electron chi connectivity index (χ0n) is 13.8. The molecule has 2 aromatic heterocycles. The Morgan fingerprint density at radius 1 is 1.39 bits per heavy atom. The molecule has 0 aliphatic carbocycles. The topological polar surface area (TPSA) is 64.2 Å². The van der Waals surface area contributed by atoms with E-state index < -0.39 is 0 Å². The van der Waals surface area contributed by atoms with Crippen molar-refractivity contribution >= 4 is 17.7 Å². The lowest BCUT2D eigenvalue weighted by Crippen LogP contribution is -2.38. The van der Waals surface area contributed by atoms with E-state index in [2.05, 4.69) is 17.1 Å². The van der Waals surface area contributed by atoms with E-state index in [0.29, 0.717) is 5.75 Å². The second kappa shape index (κ2) is 6.78. The van der Waals surface area contributed by atoms with Crippen LogP contribution >= 0.6 is 11.8 Å². The first-order valence-electron chi connectivity index (χ1n) is 7.90. The Bertz CT molecular complexity index is 686. The molecule has 7 heteroatoms. The van der Waals surface area contributed by atoms with Gasteiger partial charge in [-0.2, -0.15) is 0 Å².